The van der Waals surface area contributed by atoms with Crippen molar-refractivity contribution < 1.29 is 0 Å². The third-order valence-corrected chi connectivity index (χ3v) is 2.08. The van der Waals surface area contributed by atoms with Crippen LogP contribution in [-0.2, 0) is 6.42 Å². The van der Waals surface area contributed by atoms with Crippen molar-refractivity contribution in [1.29, 1.82) is 0 Å². The number of aryl methyl sites for hydroxylation is 1. The molecule has 0 saturated carbocycles. The summed E-state index contributed by atoms with van der Waals surface area (Å²) in [6, 6.07) is 2.56. The molecule has 0 bridgehead atoms. The third kappa shape index (κ3) is 3.19. The standard InChI is InChI=1S/C10H19N3/c1-9(2)13-8-6-10(12-13)5-3-4-7-11/h6,8-9H,3-5,7,11H2,1-2H3. The Balaban J connectivity index is 2.40. The lowest BCUT2D eigenvalue weighted by atomic mass is 10.2. The van der Waals surface area contributed by atoms with Crippen molar-refractivity contribution in [3.05, 3.63) is 18.0 Å². The summed E-state index contributed by atoms with van der Waals surface area (Å²) in [5, 5.41) is 4.46. The summed E-state index contributed by atoms with van der Waals surface area (Å²) >= 11 is 0. The number of nitrogens with zero attached hydrogens (tertiary/aromatic N) is 2. The van der Waals surface area contributed by atoms with Gasteiger partial charge in [-0.3, -0.25) is 4.68 Å². The monoisotopic (exact) mass is 181 g/mol. The lowest BCUT2D eigenvalue weighted by Gasteiger charge is -2.03. The molecule has 1 heterocycles. The van der Waals surface area contributed by atoms with Crippen molar-refractivity contribution in [2.45, 2.75) is 39.2 Å². The molecular formula is C10H19N3. The van der Waals surface area contributed by atoms with Gasteiger partial charge in [0.15, 0.2) is 0 Å². The van der Waals surface area contributed by atoms with E-state index in [9.17, 15) is 0 Å². The van der Waals surface area contributed by atoms with E-state index in [1.165, 1.54) is 5.69 Å². The zero-order chi connectivity index (χ0) is 9.68. The summed E-state index contributed by atoms with van der Waals surface area (Å²) in [5.74, 6) is 0. The van der Waals surface area contributed by atoms with Crippen molar-refractivity contribution in [2.75, 3.05) is 6.54 Å². The van der Waals surface area contributed by atoms with Crippen LogP contribution in [0.5, 0.6) is 0 Å². The normalized spacial score (nSPS) is 11.1. The Bertz CT molecular complexity index is 240. The molecule has 0 aromatic carbocycles. The molecule has 0 spiro atoms. The van der Waals surface area contributed by atoms with Crippen LogP contribution in [0.1, 0.15) is 38.4 Å². The highest BCUT2D eigenvalue weighted by molar-refractivity contribution is 4.99. The molecule has 74 valence electrons. The lowest BCUT2D eigenvalue weighted by molar-refractivity contribution is 0.524. The molecule has 0 aliphatic carbocycles. The molecule has 1 aromatic rings. The Kier molecular flexibility index (Phi) is 3.96. The second-order valence-electron chi connectivity index (χ2n) is 3.63. The van der Waals surface area contributed by atoms with E-state index in [-0.39, 0.29) is 0 Å². The lowest BCUT2D eigenvalue weighted by Crippen LogP contribution is -2.02. The van der Waals surface area contributed by atoms with Gasteiger partial charge in [0.25, 0.3) is 0 Å². The van der Waals surface area contributed by atoms with Gasteiger partial charge in [-0.1, -0.05) is 0 Å². The summed E-state index contributed by atoms with van der Waals surface area (Å²) in [5.41, 5.74) is 6.60. The van der Waals surface area contributed by atoms with Gasteiger partial charge < -0.3 is 5.73 Å². The summed E-state index contributed by atoms with van der Waals surface area (Å²) in [7, 11) is 0. The van der Waals surface area contributed by atoms with E-state index in [0.29, 0.717) is 6.04 Å². The number of aromatic nitrogens is 2. The molecule has 0 radical (unpaired) electrons. The van der Waals surface area contributed by atoms with Crippen LogP contribution < -0.4 is 5.73 Å². The van der Waals surface area contributed by atoms with Crippen molar-refractivity contribution >= 4 is 0 Å². The number of hydrogen-bond acceptors (Lipinski definition) is 2. The molecule has 0 aliphatic rings. The largest absolute Gasteiger partial charge is 0.330 e. The Morgan fingerprint density at radius 1 is 1.46 bits per heavy atom. The zero-order valence-electron chi connectivity index (χ0n) is 8.53. The Hall–Kier alpha value is -0.830. The first-order valence-corrected chi connectivity index (χ1v) is 4.98. The first-order valence-electron chi connectivity index (χ1n) is 4.98. The number of unbranched alkanes of at least 4 members (excludes halogenated alkanes) is 1. The summed E-state index contributed by atoms with van der Waals surface area (Å²) < 4.78 is 2.00. The van der Waals surface area contributed by atoms with Gasteiger partial charge in [-0.25, -0.2) is 0 Å². The fourth-order valence-corrected chi connectivity index (χ4v) is 1.25. The van der Waals surface area contributed by atoms with Gasteiger partial charge in [0, 0.05) is 12.2 Å². The Labute approximate surface area is 79.9 Å². The smallest absolute Gasteiger partial charge is 0.0624 e. The van der Waals surface area contributed by atoms with Gasteiger partial charge in [0.2, 0.25) is 0 Å². The highest BCUT2D eigenvalue weighted by Crippen LogP contribution is 2.06. The van der Waals surface area contributed by atoms with Gasteiger partial charge in [0.05, 0.1) is 5.69 Å². The minimum Gasteiger partial charge on any atom is -0.330 e. The van der Waals surface area contributed by atoms with Gasteiger partial charge in [-0.2, -0.15) is 5.10 Å². The van der Waals surface area contributed by atoms with Crippen LogP contribution in [0.15, 0.2) is 12.3 Å². The predicted octanol–water partition coefficient (Wildman–Crippen LogP) is 1.75. The quantitative estimate of drug-likeness (QED) is 0.703. The average Bonchev–Trinajstić information content (AvgIpc) is 2.53. The molecule has 0 amide bonds. The number of rotatable bonds is 5. The van der Waals surface area contributed by atoms with Crippen LogP contribution in [-0.4, -0.2) is 16.3 Å². The summed E-state index contributed by atoms with van der Waals surface area (Å²) in [6.45, 7) is 5.05. The van der Waals surface area contributed by atoms with Crippen molar-refractivity contribution in [2.24, 2.45) is 5.73 Å². The topological polar surface area (TPSA) is 43.8 Å². The van der Waals surface area contributed by atoms with E-state index in [2.05, 4.69) is 25.0 Å². The molecule has 13 heavy (non-hydrogen) atoms. The van der Waals surface area contributed by atoms with Crippen LogP contribution in [0.3, 0.4) is 0 Å². The maximum atomic E-state index is 5.42. The Morgan fingerprint density at radius 3 is 2.77 bits per heavy atom. The zero-order valence-corrected chi connectivity index (χ0v) is 8.53. The van der Waals surface area contributed by atoms with E-state index in [1.807, 2.05) is 10.9 Å². The van der Waals surface area contributed by atoms with Gasteiger partial charge in [0.1, 0.15) is 0 Å². The van der Waals surface area contributed by atoms with E-state index < -0.39 is 0 Å². The minimum absolute atomic E-state index is 0.461. The fraction of sp³-hybridized carbons (Fsp3) is 0.700. The SMILES string of the molecule is CC(C)n1ccc(CCCCN)n1. The second kappa shape index (κ2) is 5.02. The van der Waals surface area contributed by atoms with Crippen LogP contribution in [0.4, 0.5) is 0 Å². The summed E-state index contributed by atoms with van der Waals surface area (Å²) in [6.07, 6.45) is 5.33. The van der Waals surface area contributed by atoms with E-state index >= 15 is 0 Å². The molecule has 0 atom stereocenters. The molecule has 0 aliphatic heterocycles. The van der Waals surface area contributed by atoms with Crippen LogP contribution in [0.25, 0.3) is 0 Å². The van der Waals surface area contributed by atoms with Gasteiger partial charge in [-0.15, -0.1) is 0 Å². The van der Waals surface area contributed by atoms with E-state index in [4.69, 9.17) is 5.73 Å². The van der Waals surface area contributed by atoms with Crippen molar-refractivity contribution in [1.82, 2.24) is 9.78 Å². The molecule has 0 fully saturated rings. The molecule has 3 nitrogen and oxygen atoms in total. The predicted molar refractivity (Wildman–Crippen MR) is 54.6 cm³/mol. The molecule has 0 saturated heterocycles. The average molecular weight is 181 g/mol. The fourth-order valence-electron chi connectivity index (χ4n) is 1.25. The van der Waals surface area contributed by atoms with Crippen LogP contribution >= 0.6 is 0 Å². The van der Waals surface area contributed by atoms with E-state index in [0.717, 1.165) is 25.8 Å². The highest BCUT2D eigenvalue weighted by atomic mass is 15.3. The van der Waals surface area contributed by atoms with Crippen LogP contribution in [0.2, 0.25) is 0 Å². The minimum atomic E-state index is 0.461. The maximum Gasteiger partial charge on any atom is 0.0624 e. The Morgan fingerprint density at radius 2 is 2.23 bits per heavy atom. The highest BCUT2D eigenvalue weighted by Gasteiger charge is 2.00. The van der Waals surface area contributed by atoms with Gasteiger partial charge >= 0.3 is 0 Å². The van der Waals surface area contributed by atoms with Crippen LogP contribution in [0, 0.1) is 0 Å². The van der Waals surface area contributed by atoms with Crippen molar-refractivity contribution in [3.8, 4) is 0 Å². The molecule has 1 aromatic heterocycles. The first kappa shape index (κ1) is 10.3. The molecule has 2 N–H and O–H groups in total. The third-order valence-electron chi connectivity index (χ3n) is 2.08. The number of hydrogen-bond donors (Lipinski definition) is 1. The molecule has 0 unspecified atom stereocenters. The first-order chi connectivity index (χ1) is 6.24. The van der Waals surface area contributed by atoms with Gasteiger partial charge in [-0.05, 0) is 45.7 Å². The van der Waals surface area contributed by atoms with Crippen molar-refractivity contribution in [3.63, 3.8) is 0 Å². The second-order valence-corrected chi connectivity index (χ2v) is 3.63. The summed E-state index contributed by atoms with van der Waals surface area (Å²) in [4.78, 5) is 0. The molecule has 3 heteroatoms. The number of nitrogens with two attached hydrogens (primary N) is 1. The van der Waals surface area contributed by atoms with E-state index in [1.54, 1.807) is 0 Å². The maximum absolute atomic E-state index is 5.42. The molecule has 1 rings (SSSR count). The molecular weight excluding hydrogens is 162 g/mol.